The Balaban J connectivity index is 1.49. The normalized spacial score (nSPS) is 16.9. The molecule has 6 rings (SSSR count). The van der Waals surface area contributed by atoms with Crippen molar-refractivity contribution in [3.8, 4) is 22.7 Å². The van der Waals surface area contributed by atoms with E-state index in [0.717, 1.165) is 47.0 Å². The van der Waals surface area contributed by atoms with E-state index in [4.69, 9.17) is 4.42 Å². The molecule has 37 heavy (non-hydrogen) atoms. The lowest BCUT2D eigenvalue weighted by molar-refractivity contribution is 0.343. The number of hydrogen-bond acceptors (Lipinski definition) is 4. The van der Waals surface area contributed by atoms with Crippen LogP contribution in [-0.4, -0.2) is 31.2 Å². The van der Waals surface area contributed by atoms with Crippen molar-refractivity contribution in [2.75, 3.05) is 17.1 Å². The fourth-order valence-electron chi connectivity index (χ4n) is 5.77. The van der Waals surface area contributed by atoms with E-state index in [1.165, 1.54) is 50.5 Å². The van der Waals surface area contributed by atoms with Gasteiger partial charge in [-0.2, -0.15) is 0 Å². The van der Waals surface area contributed by atoms with Gasteiger partial charge in [-0.15, -0.1) is 0 Å². The van der Waals surface area contributed by atoms with E-state index in [9.17, 15) is 12.8 Å². The SMILES string of the molecule is CS(=O)(=O)N(CCC1CCCCC1)c1cc2oc(-c3ccc(F)cc3)c(-c3ncc[nH]3)c2cc1C1CC1. The van der Waals surface area contributed by atoms with Crippen molar-refractivity contribution in [2.24, 2.45) is 5.92 Å². The van der Waals surface area contributed by atoms with Gasteiger partial charge in [0.25, 0.3) is 0 Å². The van der Waals surface area contributed by atoms with Gasteiger partial charge in [-0.25, -0.2) is 17.8 Å². The maximum absolute atomic E-state index is 13.7. The number of nitrogens with one attached hydrogen (secondary N) is 1. The van der Waals surface area contributed by atoms with Crippen LogP contribution in [0.25, 0.3) is 33.7 Å². The van der Waals surface area contributed by atoms with Gasteiger partial charge in [0, 0.05) is 36.0 Å². The number of imidazole rings is 1. The van der Waals surface area contributed by atoms with Crippen LogP contribution < -0.4 is 4.31 Å². The number of nitrogens with zero attached hydrogens (tertiary/aromatic N) is 2. The molecule has 8 heteroatoms. The molecule has 1 N–H and O–H groups in total. The van der Waals surface area contributed by atoms with Crippen molar-refractivity contribution in [3.63, 3.8) is 0 Å². The highest BCUT2D eigenvalue weighted by Crippen LogP contribution is 2.49. The Morgan fingerprint density at radius 3 is 2.49 bits per heavy atom. The molecule has 2 saturated carbocycles. The minimum Gasteiger partial charge on any atom is -0.455 e. The highest BCUT2D eigenvalue weighted by Gasteiger charge is 2.33. The van der Waals surface area contributed by atoms with E-state index in [0.29, 0.717) is 35.5 Å². The number of hydrogen-bond donors (Lipinski definition) is 1. The number of aromatic amines is 1. The Morgan fingerprint density at radius 1 is 1.08 bits per heavy atom. The average Bonchev–Trinajstić information content (AvgIpc) is 3.45. The highest BCUT2D eigenvalue weighted by molar-refractivity contribution is 7.92. The number of halogens is 1. The summed E-state index contributed by atoms with van der Waals surface area (Å²) < 4.78 is 47.9. The van der Waals surface area contributed by atoms with Crippen molar-refractivity contribution in [1.29, 1.82) is 0 Å². The molecule has 0 unspecified atom stereocenters. The molecule has 0 amide bonds. The van der Waals surface area contributed by atoms with Crippen LogP contribution in [-0.2, 0) is 10.0 Å². The van der Waals surface area contributed by atoms with E-state index >= 15 is 0 Å². The summed E-state index contributed by atoms with van der Waals surface area (Å²) in [5.41, 5.74) is 3.89. The average molecular weight is 522 g/mol. The Kier molecular flexibility index (Phi) is 6.31. The van der Waals surface area contributed by atoms with Crippen LogP contribution in [0.4, 0.5) is 10.1 Å². The third kappa shape index (κ3) is 4.91. The molecule has 0 radical (unpaired) electrons. The lowest BCUT2D eigenvalue weighted by Gasteiger charge is -2.28. The summed E-state index contributed by atoms with van der Waals surface area (Å²) in [4.78, 5) is 7.67. The van der Waals surface area contributed by atoms with Gasteiger partial charge in [-0.1, -0.05) is 32.1 Å². The van der Waals surface area contributed by atoms with E-state index < -0.39 is 10.0 Å². The monoisotopic (exact) mass is 521 g/mol. The molecule has 2 fully saturated rings. The number of benzene rings is 2. The Bertz CT molecular complexity index is 1500. The number of aromatic nitrogens is 2. The third-order valence-corrected chi connectivity index (χ3v) is 9.01. The molecule has 2 aromatic heterocycles. The molecular weight excluding hydrogens is 489 g/mol. The van der Waals surface area contributed by atoms with Crippen molar-refractivity contribution >= 4 is 26.7 Å². The summed E-state index contributed by atoms with van der Waals surface area (Å²) in [6, 6.07) is 10.2. The van der Waals surface area contributed by atoms with Gasteiger partial charge in [0.2, 0.25) is 10.0 Å². The molecule has 0 saturated heterocycles. The fraction of sp³-hybridized carbons (Fsp3) is 0.414. The minimum atomic E-state index is -3.49. The fourth-order valence-corrected chi connectivity index (χ4v) is 6.72. The molecule has 4 aromatic rings. The zero-order chi connectivity index (χ0) is 25.6. The van der Waals surface area contributed by atoms with Gasteiger partial charge >= 0.3 is 0 Å². The summed E-state index contributed by atoms with van der Waals surface area (Å²) in [5, 5.41) is 0.876. The summed E-state index contributed by atoms with van der Waals surface area (Å²) in [6.45, 7) is 0.477. The van der Waals surface area contributed by atoms with E-state index in [2.05, 4.69) is 16.0 Å². The van der Waals surface area contributed by atoms with Gasteiger partial charge in [-0.3, -0.25) is 4.31 Å². The standard InChI is InChI=1S/C29H32FN3O3S/c1-37(34,35)33(16-13-19-5-3-2-4-6-19)25-18-26-24(17-23(25)20-7-8-20)27(29-31-14-15-32-29)28(36-26)21-9-11-22(30)12-10-21/h9-12,14-15,17-20H,2-8,13,16H2,1H3,(H,31,32). The number of sulfonamides is 1. The predicted octanol–water partition coefficient (Wildman–Crippen LogP) is 7.24. The second-order valence-corrected chi connectivity index (χ2v) is 12.5. The highest BCUT2D eigenvalue weighted by atomic mass is 32.2. The molecule has 2 aliphatic carbocycles. The predicted molar refractivity (Wildman–Crippen MR) is 145 cm³/mol. The number of fused-ring (bicyclic) bond motifs is 1. The van der Waals surface area contributed by atoms with Crippen LogP contribution in [0.3, 0.4) is 0 Å². The van der Waals surface area contributed by atoms with Crippen LogP contribution >= 0.6 is 0 Å². The largest absolute Gasteiger partial charge is 0.455 e. The molecule has 0 spiro atoms. The molecule has 2 aromatic carbocycles. The Labute approximate surface area is 217 Å². The quantitative estimate of drug-likeness (QED) is 0.265. The van der Waals surface area contributed by atoms with Crippen LogP contribution in [0.15, 0.2) is 53.2 Å². The topological polar surface area (TPSA) is 79.2 Å². The molecule has 6 nitrogen and oxygen atoms in total. The van der Waals surface area contributed by atoms with Crippen LogP contribution in [0.2, 0.25) is 0 Å². The van der Waals surface area contributed by atoms with Crippen LogP contribution in [0.1, 0.15) is 62.8 Å². The summed E-state index contributed by atoms with van der Waals surface area (Å²) in [5.74, 6) is 1.82. The van der Waals surface area contributed by atoms with Crippen LogP contribution in [0, 0.1) is 11.7 Å². The Morgan fingerprint density at radius 2 is 1.84 bits per heavy atom. The molecule has 2 heterocycles. The first-order chi connectivity index (χ1) is 17.9. The number of rotatable bonds is 8. The smallest absolute Gasteiger partial charge is 0.232 e. The summed E-state index contributed by atoms with van der Waals surface area (Å²) in [6.07, 6.45) is 13.8. The van der Waals surface area contributed by atoms with Crippen molar-refractivity contribution in [1.82, 2.24) is 9.97 Å². The Hall–Kier alpha value is -3.13. The maximum atomic E-state index is 13.7. The van der Waals surface area contributed by atoms with Crippen molar-refractivity contribution < 1.29 is 17.2 Å². The van der Waals surface area contributed by atoms with Gasteiger partial charge < -0.3 is 9.40 Å². The summed E-state index contributed by atoms with van der Waals surface area (Å²) >= 11 is 0. The molecular formula is C29H32FN3O3S. The van der Waals surface area contributed by atoms with Crippen molar-refractivity contribution in [3.05, 3.63) is 60.2 Å². The van der Waals surface area contributed by atoms with Crippen LogP contribution in [0.5, 0.6) is 0 Å². The first-order valence-corrected chi connectivity index (χ1v) is 15.1. The zero-order valence-electron chi connectivity index (χ0n) is 21.0. The first-order valence-electron chi connectivity index (χ1n) is 13.2. The van der Waals surface area contributed by atoms with Crippen molar-refractivity contribution in [2.45, 2.75) is 57.3 Å². The van der Waals surface area contributed by atoms with E-state index in [-0.39, 0.29) is 5.82 Å². The second kappa shape index (κ2) is 9.63. The summed E-state index contributed by atoms with van der Waals surface area (Å²) in [7, 11) is -3.49. The molecule has 194 valence electrons. The minimum absolute atomic E-state index is 0.320. The van der Waals surface area contributed by atoms with Gasteiger partial charge in [0.05, 0.1) is 17.5 Å². The lowest BCUT2D eigenvalue weighted by Crippen LogP contribution is -2.33. The molecule has 0 bridgehead atoms. The van der Waals surface area contributed by atoms with Gasteiger partial charge in [0.1, 0.15) is 23.0 Å². The third-order valence-electron chi connectivity index (χ3n) is 7.83. The number of H-pyrrole nitrogens is 1. The lowest BCUT2D eigenvalue weighted by atomic mass is 9.87. The number of furan rings is 1. The maximum Gasteiger partial charge on any atom is 0.232 e. The molecule has 0 aliphatic heterocycles. The molecule has 0 atom stereocenters. The molecule has 2 aliphatic rings. The zero-order valence-corrected chi connectivity index (χ0v) is 21.9. The second-order valence-electron chi connectivity index (χ2n) is 10.6. The van der Waals surface area contributed by atoms with Gasteiger partial charge in [-0.05, 0) is 67.0 Å². The number of anilines is 1. The van der Waals surface area contributed by atoms with E-state index in [1.54, 1.807) is 28.8 Å². The van der Waals surface area contributed by atoms with Gasteiger partial charge in [0.15, 0.2) is 0 Å². The first kappa shape index (κ1) is 24.2. The van der Waals surface area contributed by atoms with E-state index in [1.807, 2.05) is 6.07 Å².